The third-order valence-electron chi connectivity index (χ3n) is 5.96. The predicted octanol–water partition coefficient (Wildman–Crippen LogP) is 1.08. The minimum absolute atomic E-state index is 0.0698. The van der Waals surface area contributed by atoms with E-state index in [4.69, 9.17) is 5.11 Å². The van der Waals surface area contributed by atoms with Gasteiger partial charge in [-0.05, 0) is 32.1 Å². The van der Waals surface area contributed by atoms with Gasteiger partial charge < -0.3 is 25.7 Å². The van der Waals surface area contributed by atoms with Gasteiger partial charge in [0.25, 0.3) is 0 Å². The van der Waals surface area contributed by atoms with Crippen molar-refractivity contribution in [1.82, 2.24) is 14.9 Å². The zero-order chi connectivity index (χ0) is 20.4. The number of carbonyl (C=O) groups is 1. The molecule has 2 aliphatic rings. The lowest BCUT2D eigenvalue weighted by Crippen LogP contribution is -2.55. The first-order chi connectivity index (χ1) is 13.3. The van der Waals surface area contributed by atoms with Crippen molar-refractivity contribution in [1.29, 1.82) is 0 Å². The summed E-state index contributed by atoms with van der Waals surface area (Å²) in [6, 6.07) is 0.457. The van der Waals surface area contributed by atoms with Crippen LogP contribution in [0.2, 0.25) is 0 Å². The Morgan fingerprint density at radius 3 is 2.75 bits per heavy atom. The molecule has 0 spiro atoms. The third kappa shape index (κ3) is 4.88. The number of aliphatic hydroxyl groups is 3. The molecule has 1 saturated carbocycles. The van der Waals surface area contributed by atoms with Crippen molar-refractivity contribution in [2.24, 2.45) is 5.92 Å². The fourth-order valence-corrected chi connectivity index (χ4v) is 6.11. The zero-order valence-corrected chi connectivity index (χ0v) is 17.1. The molecule has 1 aliphatic heterocycles. The van der Waals surface area contributed by atoms with Crippen LogP contribution in [0.4, 0.5) is 4.79 Å². The summed E-state index contributed by atoms with van der Waals surface area (Å²) in [5, 5.41) is 43.1. The summed E-state index contributed by atoms with van der Waals surface area (Å²) in [4.78, 5) is 15.1. The van der Waals surface area contributed by atoms with Gasteiger partial charge in [0, 0.05) is 35.2 Å². The fourth-order valence-electron chi connectivity index (χ4n) is 4.50. The lowest BCUT2D eigenvalue weighted by atomic mass is 9.80. The van der Waals surface area contributed by atoms with E-state index >= 15 is 0 Å². The lowest BCUT2D eigenvalue weighted by molar-refractivity contribution is -0.0710. The molecule has 8 nitrogen and oxygen atoms in total. The maximum absolute atomic E-state index is 10.9. The molecule has 3 rings (SSSR count). The number of hydrogen-bond donors (Lipinski definition) is 5. The van der Waals surface area contributed by atoms with E-state index in [2.05, 4.69) is 17.2 Å². The molecule has 1 aromatic rings. The topological polar surface area (TPSA) is 128 Å². The van der Waals surface area contributed by atoms with Gasteiger partial charge in [0.15, 0.2) is 0 Å². The average Bonchev–Trinajstić information content (AvgIpc) is 3.11. The number of hydrogen-bond acceptors (Lipinski definition) is 7. The van der Waals surface area contributed by atoms with Crippen molar-refractivity contribution < 1.29 is 25.2 Å². The van der Waals surface area contributed by atoms with Crippen LogP contribution >= 0.6 is 11.8 Å². The molecule has 5 N–H and O–H groups in total. The Labute approximate surface area is 169 Å². The summed E-state index contributed by atoms with van der Waals surface area (Å²) < 4.78 is 1.06. The van der Waals surface area contributed by atoms with Crippen LogP contribution < -0.4 is 5.32 Å². The standard InChI is InChI=1S/C19H31N3O5S/c1-10(6-14-8-22(9-20-14)19(26)27)21-13-5-3-4-12(7-13)18-17(25)16(24)15(23)11(2)28-18/h8-13,15-18,21,23-25H,3-7H2,1-2H3,(H,26,27)/t10-,11+,12?,13?,15-,16-,17+,18+/m1/s1. The minimum atomic E-state index is -1.09. The highest BCUT2D eigenvalue weighted by Gasteiger charge is 2.45. The molecule has 28 heavy (non-hydrogen) atoms. The molecule has 2 fully saturated rings. The minimum Gasteiger partial charge on any atom is -0.464 e. The molecular formula is C19H31N3O5S. The Kier molecular flexibility index (Phi) is 7.03. The van der Waals surface area contributed by atoms with Gasteiger partial charge in [-0.2, -0.15) is 0 Å². The fraction of sp³-hybridized carbons (Fsp3) is 0.789. The molecule has 9 heteroatoms. The Hall–Kier alpha value is -1.13. The summed E-state index contributed by atoms with van der Waals surface area (Å²) in [6.45, 7) is 3.96. The average molecular weight is 414 g/mol. The molecule has 2 heterocycles. The Balaban J connectivity index is 1.54. The molecule has 2 unspecified atom stereocenters. The number of imidazole rings is 1. The van der Waals surface area contributed by atoms with E-state index in [1.807, 2.05) is 6.92 Å². The molecule has 0 radical (unpaired) electrons. The van der Waals surface area contributed by atoms with E-state index in [1.54, 1.807) is 11.8 Å². The SMILES string of the molecule is C[C@H](Cc1cn(C(=O)O)cn1)NC1CCCC([C@@H]2S[C@@H](C)[C@@H](O)[C@@H](O)[C@@H]2O)C1. The first-order valence-electron chi connectivity index (χ1n) is 9.98. The van der Waals surface area contributed by atoms with E-state index in [0.29, 0.717) is 12.5 Å². The highest BCUT2D eigenvalue weighted by atomic mass is 32.2. The van der Waals surface area contributed by atoms with Crippen LogP contribution in [0.25, 0.3) is 0 Å². The summed E-state index contributed by atoms with van der Waals surface area (Å²) >= 11 is 1.59. The van der Waals surface area contributed by atoms with Crippen LogP contribution in [0.3, 0.4) is 0 Å². The Morgan fingerprint density at radius 2 is 2.07 bits per heavy atom. The van der Waals surface area contributed by atoms with Crippen LogP contribution in [0, 0.1) is 5.92 Å². The molecule has 1 aliphatic carbocycles. The van der Waals surface area contributed by atoms with Gasteiger partial charge in [-0.15, -0.1) is 11.8 Å². The normalized spacial score (nSPS) is 37.5. The maximum Gasteiger partial charge on any atom is 0.416 e. The first kappa shape index (κ1) is 21.6. The number of rotatable bonds is 5. The van der Waals surface area contributed by atoms with E-state index in [9.17, 15) is 20.1 Å². The summed E-state index contributed by atoms with van der Waals surface area (Å²) in [7, 11) is 0. The molecule has 1 aromatic heterocycles. The van der Waals surface area contributed by atoms with Crippen molar-refractivity contribution >= 4 is 17.9 Å². The molecular weight excluding hydrogens is 382 g/mol. The van der Waals surface area contributed by atoms with E-state index < -0.39 is 24.4 Å². The highest BCUT2D eigenvalue weighted by molar-refractivity contribution is 8.00. The molecule has 158 valence electrons. The molecule has 1 saturated heterocycles. The van der Waals surface area contributed by atoms with E-state index in [0.717, 1.165) is 35.9 Å². The van der Waals surface area contributed by atoms with Crippen molar-refractivity contribution in [2.45, 2.75) is 86.8 Å². The number of aliphatic hydroxyl groups excluding tert-OH is 3. The second kappa shape index (κ2) is 9.13. The van der Waals surface area contributed by atoms with Crippen LogP contribution in [-0.2, 0) is 6.42 Å². The van der Waals surface area contributed by atoms with Crippen molar-refractivity contribution in [3.63, 3.8) is 0 Å². The van der Waals surface area contributed by atoms with Crippen molar-refractivity contribution in [3.8, 4) is 0 Å². The summed E-state index contributed by atoms with van der Waals surface area (Å²) in [6.07, 6.45) is 3.60. The molecule has 0 bridgehead atoms. The number of aromatic nitrogens is 2. The van der Waals surface area contributed by atoms with Crippen LogP contribution in [0.15, 0.2) is 12.5 Å². The lowest BCUT2D eigenvalue weighted by Gasteiger charge is -2.44. The van der Waals surface area contributed by atoms with Gasteiger partial charge in [0.2, 0.25) is 0 Å². The second-order valence-corrected chi connectivity index (χ2v) is 9.79. The summed E-state index contributed by atoms with van der Waals surface area (Å²) in [5.74, 6) is 0.286. The number of thioether (sulfide) groups is 1. The van der Waals surface area contributed by atoms with E-state index in [-0.39, 0.29) is 22.5 Å². The van der Waals surface area contributed by atoms with Crippen LogP contribution in [0.5, 0.6) is 0 Å². The second-order valence-electron chi connectivity index (χ2n) is 8.23. The molecule has 0 aromatic carbocycles. The molecule has 8 atom stereocenters. The number of nitrogens with one attached hydrogen (secondary N) is 1. The number of nitrogens with zero attached hydrogens (tertiary/aromatic N) is 2. The largest absolute Gasteiger partial charge is 0.464 e. The molecule has 0 amide bonds. The zero-order valence-electron chi connectivity index (χ0n) is 16.3. The Bertz CT molecular complexity index is 672. The smallest absolute Gasteiger partial charge is 0.416 e. The maximum atomic E-state index is 10.9. The summed E-state index contributed by atoms with van der Waals surface area (Å²) in [5.41, 5.74) is 0.735. The van der Waals surface area contributed by atoms with Gasteiger partial charge in [-0.1, -0.05) is 13.3 Å². The first-order valence-corrected chi connectivity index (χ1v) is 10.9. The van der Waals surface area contributed by atoms with Gasteiger partial charge >= 0.3 is 6.09 Å². The number of carboxylic acid groups (broad SMARTS) is 1. The monoisotopic (exact) mass is 413 g/mol. The van der Waals surface area contributed by atoms with Crippen molar-refractivity contribution in [3.05, 3.63) is 18.2 Å². The predicted molar refractivity (Wildman–Crippen MR) is 107 cm³/mol. The quantitative estimate of drug-likeness (QED) is 0.485. The Morgan fingerprint density at radius 1 is 1.32 bits per heavy atom. The van der Waals surface area contributed by atoms with Gasteiger partial charge in [-0.25, -0.2) is 14.3 Å². The third-order valence-corrected chi connectivity index (χ3v) is 7.65. The van der Waals surface area contributed by atoms with Gasteiger partial charge in [0.1, 0.15) is 12.4 Å². The highest BCUT2D eigenvalue weighted by Crippen LogP contribution is 2.41. The van der Waals surface area contributed by atoms with Crippen LogP contribution in [0.1, 0.15) is 45.2 Å². The van der Waals surface area contributed by atoms with Gasteiger partial charge in [-0.3, -0.25) is 0 Å². The van der Waals surface area contributed by atoms with Gasteiger partial charge in [0.05, 0.1) is 17.9 Å². The van der Waals surface area contributed by atoms with Crippen molar-refractivity contribution in [2.75, 3.05) is 0 Å². The van der Waals surface area contributed by atoms with Crippen LogP contribution in [-0.4, -0.2) is 77.0 Å². The van der Waals surface area contributed by atoms with E-state index in [1.165, 1.54) is 12.5 Å².